The van der Waals surface area contributed by atoms with E-state index in [1.165, 1.54) is 22.8 Å². The Kier molecular flexibility index (Phi) is 4.05. The highest BCUT2D eigenvalue weighted by atomic mass is 19.1. The minimum absolute atomic E-state index is 0.331. The van der Waals surface area contributed by atoms with Crippen molar-refractivity contribution in [2.45, 2.75) is 27.3 Å². The number of hydrogen-bond acceptors (Lipinski definition) is 2. The molecular weight excluding hydrogens is 251 g/mol. The van der Waals surface area contributed by atoms with Crippen LogP contribution in [0.15, 0.2) is 30.3 Å². The molecule has 0 spiro atoms. The van der Waals surface area contributed by atoms with Gasteiger partial charge in [0.2, 0.25) is 0 Å². The fourth-order valence-corrected chi connectivity index (χ4v) is 2.24. The first-order valence-electron chi connectivity index (χ1n) is 6.52. The molecule has 0 fully saturated rings. The van der Waals surface area contributed by atoms with Crippen molar-refractivity contribution in [3.05, 3.63) is 64.0 Å². The Hall–Kier alpha value is -2.34. The van der Waals surface area contributed by atoms with Crippen molar-refractivity contribution in [3.63, 3.8) is 0 Å². The fraction of sp³-hybridized carbons (Fsp3) is 0.235. The molecule has 0 aliphatic carbocycles. The third kappa shape index (κ3) is 2.80. The Balaban J connectivity index is 2.28. The molecule has 2 nitrogen and oxygen atoms in total. The fourth-order valence-electron chi connectivity index (χ4n) is 2.24. The number of rotatable bonds is 3. The third-order valence-electron chi connectivity index (χ3n) is 3.57. The molecule has 0 saturated carbocycles. The molecule has 2 aromatic rings. The predicted octanol–water partition coefficient (Wildman–Crippen LogP) is 4.23. The van der Waals surface area contributed by atoms with Gasteiger partial charge < -0.3 is 5.32 Å². The van der Waals surface area contributed by atoms with Crippen LogP contribution in [0.2, 0.25) is 0 Å². The van der Waals surface area contributed by atoms with E-state index < -0.39 is 0 Å². The molecule has 0 radical (unpaired) electrons. The standard InChI is InChI=1S/C17H17FN2/c1-11-5-4-6-12(2)15(11)10-20-17-8-14(9-19)7-16(18)13(17)3/h4-8,20H,10H2,1-3H3. The summed E-state index contributed by atoms with van der Waals surface area (Å²) in [5.74, 6) is -0.354. The molecule has 2 rings (SSSR count). The molecule has 0 atom stereocenters. The largest absolute Gasteiger partial charge is 0.381 e. The van der Waals surface area contributed by atoms with Gasteiger partial charge in [-0.3, -0.25) is 0 Å². The van der Waals surface area contributed by atoms with E-state index in [0.29, 0.717) is 23.4 Å². The molecular formula is C17H17FN2. The van der Waals surface area contributed by atoms with Crippen LogP contribution in [0.1, 0.15) is 27.8 Å². The Bertz CT molecular complexity index is 664. The first-order chi connectivity index (χ1) is 9.52. The summed E-state index contributed by atoms with van der Waals surface area (Å²) >= 11 is 0. The minimum atomic E-state index is -0.354. The SMILES string of the molecule is Cc1cccc(C)c1CNc1cc(C#N)cc(F)c1C. The third-order valence-corrected chi connectivity index (χ3v) is 3.57. The second-order valence-corrected chi connectivity index (χ2v) is 4.97. The second kappa shape index (κ2) is 5.75. The van der Waals surface area contributed by atoms with Crippen molar-refractivity contribution in [3.8, 4) is 6.07 Å². The average molecular weight is 268 g/mol. The predicted molar refractivity (Wildman–Crippen MR) is 79.1 cm³/mol. The molecule has 3 heteroatoms. The molecule has 0 unspecified atom stereocenters. The van der Waals surface area contributed by atoms with Crippen molar-refractivity contribution in [1.29, 1.82) is 5.26 Å². The summed E-state index contributed by atoms with van der Waals surface area (Å²) < 4.78 is 13.7. The number of nitrogens with one attached hydrogen (secondary N) is 1. The van der Waals surface area contributed by atoms with Crippen LogP contribution in [0.3, 0.4) is 0 Å². The van der Waals surface area contributed by atoms with Gasteiger partial charge in [-0.2, -0.15) is 5.26 Å². The van der Waals surface area contributed by atoms with Gasteiger partial charge in [0.1, 0.15) is 5.82 Å². The van der Waals surface area contributed by atoms with E-state index in [2.05, 4.69) is 31.3 Å². The summed E-state index contributed by atoms with van der Waals surface area (Å²) in [7, 11) is 0. The molecule has 0 heterocycles. The summed E-state index contributed by atoms with van der Waals surface area (Å²) in [5, 5.41) is 12.1. The average Bonchev–Trinajstić information content (AvgIpc) is 2.42. The van der Waals surface area contributed by atoms with Crippen molar-refractivity contribution in [1.82, 2.24) is 0 Å². The lowest BCUT2D eigenvalue weighted by Crippen LogP contribution is -2.05. The van der Waals surface area contributed by atoms with Gasteiger partial charge in [-0.05, 0) is 49.6 Å². The van der Waals surface area contributed by atoms with Crippen molar-refractivity contribution in [2.24, 2.45) is 0 Å². The van der Waals surface area contributed by atoms with Gasteiger partial charge >= 0.3 is 0 Å². The molecule has 0 aliphatic rings. The van der Waals surface area contributed by atoms with Gasteiger partial charge in [0.25, 0.3) is 0 Å². The minimum Gasteiger partial charge on any atom is -0.381 e. The number of halogens is 1. The van der Waals surface area contributed by atoms with Crippen LogP contribution in [-0.4, -0.2) is 0 Å². The quantitative estimate of drug-likeness (QED) is 0.904. The van der Waals surface area contributed by atoms with E-state index in [9.17, 15) is 4.39 Å². The Morgan fingerprint density at radius 3 is 2.40 bits per heavy atom. The van der Waals surface area contributed by atoms with Crippen LogP contribution in [-0.2, 0) is 6.54 Å². The number of nitrogens with zero attached hydrogens (tertiary/aromatic N) is 1. The second-order valence-electron chi connectivity index (χ2n) is 4.97. The lowest BCUT2D eigenvalue weighted by molar-refractivity contribution is 0.618. The molecule has 20 heavy (non-hydrogen) atoms. The van der Waals surface area contributed by atoms with E-state index in [4.69, 9.17) is 5.26 Å². The first-order valence-corrected chi connectivity index (χ1v) is 6.52. The van der Waals surface area contributed by atoms with Crippen LogP contribution in [0, 0.1) is 37.9 Å². The van der Waals surface area contributed by atoms with E-state index in [0.717, 1.165) is 0 Å². The zero-order chi connectivity index (χ0) is 14.7. The highest BCUT2D eigenvalue weighted by Gasteiger charge is 2.08. The van der Waals surface area contributed by atoms with E-state index >= 15 is 0 Å². The van der Waals surface area contributed by atoms with Crippen LogP contribution < -0.4 is 5.32 Å². The molecule has 0 aliphatic heterocycles. The normalized spacial score (nSPS) is 10.2. The number of hydrogen-bond donors (Lipinski definition) is 1. The highest BCUT2D eigenvalue weighted by Crippen LogP contribution is 2.22. The maximum absolute atomic E-state index is 13.7. The summed E-state index contributed by atoms with van der Waals surface area (Å²) in [6, 6.07) is 11.1. The van der Waals surface area contributed by atoms with Gasteiger partial charge in [-0.25, -0.2) is 4.39 Å². The zero-order valence-electron chi connectivity index (χ0n) is 11.9. The lowest BCUT2D eigenvalue weighted by atomic mass is 10.0. The monoisotopic (exact) mass is 268 g/mol. The summed E-state index contributed by atoms with van der Waals surface area (Å²) in [6.07, 6.45) is 0. The van der Waals surface area contributed by atoms with Crippen LogP contribution in [0.25, 0.3) is 0 Å². The van der Waals surface area contributed by atoms with E-state index in [1.54, 1.807) is 13.0 Å². The molecule has 0 bridgehead atoms. The Labute approximate surface area is 118 Å². The summed E-state index contributed by atoms with van der Waals surface area (Å²) in [5.41, 5.74) is 5.14. The Morgan fingerprint density at radius 2 is 1.80 bits per heavy atom. The van der Waals surface area contributed by atoms with Crippen LogP contribution >= 0.6 is 0 Å². The van der Waals surface area contributed by atoms with Gasteiger partial charge in [0.15, 0.2) is 0 Å². The molecule has 0 saturated heterocycles. The van der Waals surface area contributed by atoms with Crippen molar-refractivity contribution in [2.75, 3.05) is 5.32 Å². The summed E-state index contributed by atoms with van der Waals surface area (Å²) in [6.45, 7) is 6.45. The molecule has 102 valence electrons. The smallest absolute Gasteiger partial charge is 0.129 e. The van der Waals surface area contributed by atoms with Gasteiger partial charge in [0, 0.05) is 17.8 Å². The molecule has 0 amide bonds. The number of nitriles is 1. The van der Waals surface area contributed by atoms with Gasteiger partial charge in [-0.1, -0.05) is 18.2 Å². The van der Waals surface area contributed by atoms with Crippen LogP contribution in [0.4, 0.5) is 10.1 Å². The maximum Gasteiger partial charge on any atom is 0.129 e. The van der Waals surface area contributed by atoms with E-state index in [-0.39, 0.29) is 5.82 Å². The topological polar surface area (TPSA) is 35.8 Å². The molecule has 2 aromatic carbocycles. The molecule has 1 N–H and O–H groups in total. The highest BCUT2D eigenvalue weighted by molar-refractivity contribution is 5.56. The molecule has 0 aromatic heterocycles. The lowest BCUT2D eigenvalue weighted by Gasteiger charge is -2.14. The maximum atomic E-state index is 13.7. The van der Waals surface area contributed by atoms with Gasteiger partial charge in [0.05, 0.1) is 11.6 Å². The summed E-state index contributed by atoms with van der Waals surface area (Å²) in [4.78, 5) is 0. The van der Waals surface area contributed by atoms with Crippen LogP contribution in [0.5, 0.6) is 0 Å². The number of anilines is 1. The van der Waals surface area contributed by atoms with Crippen molar-refractivity contribution >= 4 is 5.69 Å². The zero-order valence-corrected chi connectivity index (χ0v) is 11.9. The van der Waals surface area contributed by atoms with E-state index in [1.807, 2.05) is 12.1 Å². The Morgan fingerprint density at radius 1 is 1.15 bits per heavy atom. The van der Waals surface area contributed by atoms with Gasteiger partial charge in [-0.15, -0.1) is 0 Å². The number of benzene rings is 2. The number of aryl methyl sites for hydroxylation is 2. The first kappa shape index (κ1) is 14.1. The van der Waals surface area contributed by atoms with Crippen molar-refractivity contribution < 1.29 is 4.39 Å².